The summed E-state index contributed by atoms with van der Waals surface area (Å²) in [5.41, 5.74) is 8.20. The van der Waals surface area contributed by atoms with E-state index < -0.39 is 0 Å². The SMILES string of the molecule is Cc1nn(C2CCC2)cc1CC(C)CN. The van der Waals surface area contributed by atoms with Crippen LogP contribution in [0.1, 0.15) is 43.5 Å². The Bertz CT molecular complexity index is 326. The van der Waals surface area contributed by atoms with Crippen molar-refractivity contribution in [2.75, 3.05) is 6.54 Å². The van der Waals surface area contributed by atoms with E-state index in [4.69, 9.17) is 5.73 Å². The maximum absolute atomic E-state index is 5.65. The molecular formula is C12H21N3. The van der Waals surface area contributed by atoms with Crippen molar-refractivity contribution >= 4 is 0 Å². The van der Waals surface area contributed by atoms with Gasteiger partial charge in [-0.3, -0.25) is 4.68 Å². The third kappa shape index (κ3) is 2.23. The van der Waals surface area contributed by atoms with E-state index in [-0.39, 0.29) is 0 Å². The topological polar surface area (TPSA) is 43.8 Å². The lowest BCUT2D eigenvalue weighted by atomic mass is 9.93. The molecule has 1 aromatic rings. The van der Waals surface area contributed by atoms with E-state index in [0.717, 1.165) is 13.0 Å². The summed E-state index contributed by atoms with van der Waals surface area (Å²) in [4.78, 5) is 0. The maximum atomic E-state index is 5.65. The summed E-state index contributed by atoms with van der Waals surface area (Å²) in [5.74, 6) is 0.558. The molecule has 0 spiro atoms. The van der Waals surface area contributed by atoms with Crippen LogP contribution < -0.4 is 5.73 Å². The highest BCUT2D eigenvalue weighted by molar-refractivity contribution is 5.16. The van der Waals surface area contributed by atoms with Gasteiger partial charge >= 0.3 is 0 Å². The van der Waals surface area contributed by atoms with Gasteiger partial charge in [0.15, 0.2) is 0 Å². The van der Waals surface area contributed by atoms with E-state index in [1.54, 1.807) is 0 Å². The first-order valence-electron chi connectivity index (χ1n) is 5.95. The van der Waals surface area contributed by atoms with Crippen LogP contribution in [-0.4, -0.2) is 16.3 Å². The highest BCUT2D eigenvalue weighted by Gasteiger charge is 2.21. The van der Waals surface area contributed by atoms with Gasteiger partial charge in [0.05, 0.1) is 11.7 Å². The second kappa shape index (κ2) is 4.35. The van der Waals surface area contributed by atoms with Crippen molar-refractivity contribution in [3.63, 3.8) is 0 Å². The van der Waals surface area contributed by atoms with Crippen molar-refractivity contribution in [1.29, 1.82) is 0 Å². The molecule has 1 unspecified atom stereocenters. The number of aryl methyl sites for hydroxylation is 1. The molecule has 0 radical (unpaired) electrons. The Balaban J connectivity index is 2.07. The molecule has 1 aromatic heterocycles. The molecule has 1 heterocycles. The number of nitrogens with two attached hydrogens (primary N) is 1. The summed E-state index contributed by atoms with van der Waals surface area (Å²) in [5, 5.41) is 4.60. The zero-order chi connectivity index (χ0) is 10.8. The van der Waals surface area contributed by atoms with E-state index in [2.05, 4.69) is 29.8 Å². The molecule has 1 aliphatic rings. The quantitative estimate of drug-likeness (QED) is 0.821. The van der Waals surface area contributed by atoms with Gasteiger partial charge in [0, 0.05) is 6.20 Å². The molecule has 0 saturated heterocycles. The summed E-state index contributed by atoms with van der Waals surface area (Å²) >= 11 is 0. The summed E-state index contributed by atoms with van der Waals surface area (Å²) in [7, 11) is 0. The van der Waals surface area contributed by atoms with Gasteiger partial charge in [-0.1, -0.05) is 6.92 Å². The number of nitrogens with zero attached hydrogens (tertiary/aromatic N) is 2. The highest BCUT2D eigenvalue weighted by Crippen LogP contribution is 2.31. The first-order valence-corrected chi connectivity index (χ1v) is 5.95. The zero-order valence-corrected chi connectivity index (χ0v) is 9.74. The Morgan fingerprint density at radius 2 is 2.33 bits per heavy atom. The Morgan fingerprint density at radius 1 is 1.60 bits per heavy atom. The fraction of sp³-hybridized carbons (Fsp3) is 0.750. The normalized spacial score (nSPS) is 18.9. The summed E-state index contributed by atoms with van der Waals surface area (Å²) in [6, 6.07) is 0.672. The Hall–Kier alpha value is -0.830. The van der Waals surface area contributed by atoms with Gasteiger partial charge in [0.1, 0.15) is 0 Å². The molecule has 15 heavy (non-hydrogen) atoms. The number of rotatable bonds is 4. The molecular weight excluding hydrogens is 186 g/mol. The average Bonchev–Trinajstić information content (AvgIpc) is 2.44. The Labute approximate surface area is 91.7 Å². The molecule has 0 aromatic carbocycles. The van der Waals surface area contributed by atoms with Crippen LogP contribution in [-0.2, 0) is 6.42 Å². The van der Waals surface area contributed by atoms with Gasteiger partial charge in [-0.15, -0.1) is 0 Å². The van der Waals surface area contributed by atoms with Gasteiger partial charge in [0.25, 0.3) is 0 Å². The minimum Gasteiger partial charge on any atom is -0.330 e. The molecule has 2 N–H and O–H groups in total. The monoisotopic (exact) mass is 207 g/mol. The molecule has 1 fully saturated rings. The molecule has 2 rings (SSSR count). The van der Waals surface area contributed by atoms with Crippen LogP contribution in [0, 0.1) is 12.8 Å². The third-order valence-corrected chi connectivity index (χ3v) is 3.44. The fourth-order valence-corrected chi connectivity index (χ4v) is 2.02. The lowest BCUT2D eigenvalue weighted by molar-refractivity contribution is 0.288. The molecule has 1 atom stereocenters. The van der Waals surface area contributed by atoms with Crippen LogP contribution in [0.25, 0.3) is 0 Å². The lowest BCUT2D eigenvalue weighted by Gasteiger charge is -2.25. The minimum atomic E-state index is 0.558. The van der Waals surface area contributed by atoms with Crippen LogP contribution in [0.15, 0.2) is 6.20 Å². The van der Waals surface area contributed by atoms with Crippen LogP contribution in [0.2, 0.25) is 0 Å². The van der Waals surface area contributed by atoms with Crippen molar-refractivity contribution in [3.05, 3.63) is 17.5 Å². The first kappa shape index (κ1) is 10.7. The predicted molar refractivity (Wildman–Crippen MR) is 61.8 cm³/mol. The second-order valence-corrected chi connectivity index (χ2v) is 4.85. The number of hydrogen-bond acceptors (Lipinski definition) is 2. The van der Waals surface area contributed by atoms with Crippen LogP contribution >= 0.6 is 0 Å². The van der Waals surface area contributed by atoms with Gasteiger partial charge in [-0.05, 0) is 50.6 Å². The molecule has 1 aliphatic carbocycles. The second-order valence-electron chi connectivity index (χ2n) is 4.85. The summed E-state index contributed by atoms with van der Waals surface area (Å²) in [6.07, 6.45) is 7.25. The first-order chi connectivity index (χ1) is 7.20. The molecule has 0 amide bonds. The van der Waals surface area contributed by atoms with Crippen molar-refractivity contribution in [3.8, 4) is 0 Å². The molecule has 0 bridgehead atoms. The Kier molecular flexibility index (Phi) is 3.10. The lowest BCUT2D eigenvalue weighted by Crippen LogP contribution is -2.17. The number of aromatic nitrogens is 2. The van der Waals surface area contributed by atoms with E-state index >= 15 is 0 Å². The molecule has 1 saturated carbocycles. The average molecular weight is 207 g/mol. The molecule has 0 aliphatic heterocycles. The Morgan fingerprint density at radius 3 is 2.87 bits per heavy atom. The van der Waals surface area contributed by atoms with Crippen molar-refractivity contribution in [2.24, 2.45) is 11.7 Å². The van der Waals surface area contributed by atoms with Gasteiger partial charge in [0.2, 0.25) is 0 Å². The largest absolute Gasteiger partial charge is 0.330 e. The van der Waals surface area contributed by atoms with Crippen molar-refractivity contribution < 1.29 is 0 Å². The summed E-state index contributed by atoms with van der Waals surface area (Å²) in [6.45, 7) is 5.06. The van der Waals surface area contributed by atoms with Gasteiger partial charge in [-0.2, -0.15) is 5.10 Å². The van der Waals surface area contributed by atoms with Gasteiger partial charge < -0.3 is 5.73 Å². The number of hydrogen-bond donors (Lipinski definition) is 1. The van der Waals surface area contributed by atoms with Gasteiger partial charge in [-0.25, -0.2) is 0 Å². The smallest absolute Gasteiger partial charge is 0.0625 e. The molecule has 3 heteroatoms. The minimum absolute atomic E-state index is 0.558. The van der Waals surface area contributed by atoms with Crippen LogP contribution in [0.4, 0.5) is 0 Å². The van der Waals surface area contributed by atoms with Crippen molar-refractivity contribution in [2.45, 2.75) is 45.6 Å². The summed E-state index contributed by atoms with van der Waals surface area (Å²) < 4.78 is 2.16. The fourth-order valence-electron chi connectivity index (χ4n) is 2.02. The van der Waals surface area contributed by atoms with Crippen LogP contribution in [0.3, 0.4) is 0 Å². The predicted octanol–water partition coefficient (Wildman–Crippen LogP) is 2.05. The van der Waals surface area contributed by atoms with E-state index in [9.17, 15) is 0 Å². The van der Waals surface area contributed by atoms with Crippen molar-refractivity contribution in [1.82, 2.24) is 9.78 Å². The molecule has 84 valence electrons. The zero-order valence-electron chi connectivity index (χ0n) is 9.74. The highest BCUT2D eigenvalue weighted by atomic mass is 15.3. The standard InChI is InChI=1S/C12H21N3/c1-9(7-13)6-11-8-15(14-10(11)2)12-4-3-5-12/h8-9,12H,3-7,13H2,1-2H3. The van der Waals surface area contributed by atoms with E-state index in [1.165, 1.54) is 30.5 Å². The van der Waals surface area contributed by atoms with E-state index in [0.29, 0.717) is 12.0 Å². The molecule has 3 nitrogen and oxygen atoms in total. The van der Waals surface area contributed by atoms with E-state index in [1.807, 2.05) is 0 Å². The maximum Gasteiger partial charge on any atom is 0.0625 e. The third-order valence-electron chi connectivity index (χ3n) is 3.44. The van der Waals surface area contributed by atoms with Crippen LogP contribution in [0.5, 0.6) is 0 Å².